The number of ether oxygens (including phenoxy) is 1. The van der Waals surface area contributed by atoms with Crippen LogP contribution in [-0.2, 0) is 11.2 Å². The van der Waals surface area contributed by atoms with Crippen LogP contribution >= 0.6 is 11.8 Å². The Morgan fingerprint density at radius 3 is 2.89 bits per heavy atom. The standard InChI is InChI=1S/C23H26N6O5S/c1-4-20(35-5-2)16-11-15-7-6-9-28(22(15)26-18(16)14-30)23(31)27-21-12-17(24-8-10-34-3)19(13-25-21)29(32)33/h4-5,11-14H,2,6-10H2,1,3H3,(H2,24,25,27,31)/b20-4-. The number of nitro groups is 1. The quantitative estimate of drug-likeness (QED) is 0.210. The fourth-order valence-electron chi connectivity index (χ4n) is 3.64. The predicted octanol–water partition coefficient (Wildman–Crippen LogP) is 4.48. The van der Waals surface area contributed by atoms with Crippen LogP contribution < -0.4 is 15.5 Å². The number of methoxy groups -OCH3 is 1. The van der Waals surface area contributed by atoms with Gasteiger partial charge in [0.2, 0.25) is 0 Å². The van der Waals surface area contributed by atoms with Gasteiger partial charge in [-0.1, -0.05) is 24.4 Å². The molecule has 0 spiro atoms. The summed E-state index contributed by atoms with van der Waals surface area (Å²) in [7, 11) is 1.52. The van der Waals surface area contributed by atoms with E-state index in [1.54, 1.807) is 5.41 Å². The van der Waals surface area contributed by atoms with Gasteiger partial charge in [-0.15, -0.1) is 0 Å². The molecule has 0 bridgehead atoms. The largest absolute Gasteiger partial charge is 0.383 e. The zero-order chi connectivity index (χ0) is 25.4. The summed E-state index contributed by atoms with van der Waals surface area (Å²) in [5, 5.41) is 18.6. The molecule has 0 saturated heterocycles. The van der Waals surface area contributed by atoms with Gasteiger partial charge in [0.15, 0.2) is 6.29 Å². The Labute approximate surface area is 206 Å². The fourth-order valence-corrected chi connectivity index (χ4v) is 4.25. The molecule has 0 radical (unpaired) electrons. The Kier molecular flexibility index (Phi) is 8.92. The number of rotatable bonds is 10. The van der Waals surface area contributed by atoms with Crippen LogP contribution in [0, 0.1) is 10.1 Å². The van der Waals surface area contributed by atoms with Crippen molar-refractivity contribution in [3.8, 4) is 0 Å². The molecular formula is C23H26N6O5S. The van der Waals surface area contributed by atoms with Gasteiger partial charge in [0, 0.05) is 36.7 Å². The van der Waals surface area contributed by atoms with Crippen molar-refractivity contribution in [2.24, 2.45) is 0 Å². The molecule has 11 nitrogen and oxygen atoms in total. The van der Waals surface area contributed by atoms with Gasteiger partial charge in [0.05, 0.1) is 11.5 Å². The number of nitrogens with zero attached hydrogens (tertiary/aromatic N) is 4. The van der Waals surface area contributed by atoms with Crippen LogP contribution in [0.3, 0.4) is 0 Å². The average molecular weight is 499 g/mol. The normalized spacial score (nSPS) is 13.1. The van der Waals surface area contributed by atoms with Gasteiger partial charge in [-0.2, -0.15) is 0 Å². The number of hydrogen-bond acceptors (Lipinski definition) is 9. The Morgan fingerprint density at radius 2 is 2.23 bits per heavy atom. The van der Waals surface area contributed by atoms with E-state index < -0.39 is 11.0 Å². The molecule has 3 heterocycles. The molecule has 35 heavy (non-hydrogen) atoms. The number of urea groups is 1. The van der Waals surface area contributed by atoms with Gasteiger partial charge < -0.3 is 10.1 Å². The van der Waals surface area contributed by atoms with E-state index in [1.165, 1.54) is 29.8 Å². The highest BCUT2D eigenvalue weighted by molar-refractivity contribution is 8.10. The third-order valence-corrected chi connectivity index (χ3v) is 6.10. The molecule has 2 N–H and O–H groups in total. The molecule has 0 unspecified atom stereocenters. The number of aromatic nitrogens is 2. The van der Waals surface area contributed by atoms with Gasteiger partial charge in [-0.3, -0.25) is 25.1 Å². The number of allylic oxidation sites excluding steroid dienone is 1. The third-order valence-electron chi connectivity index (χ3n) is 5.22. The minimum atomic E-state index is -0.555. The van der Waals surface area contributed by atoms with Gasteiger partial charge in [-0.05, 0) is 36.8 Å². The van der Waals surface area contributed by atoms with E-state index in [9.17, 15) is 19.7 Å². The lowest BCUT2D eigenvalue weighted by molar-refractivity contribution is -0.384. The zero-order valence-corrected chi connectivity index (χ0v) is 20.3. The summed E-state index contributed by atoms with van der Waals surface area (Å²) in [6.07, 6.45) is 5.05. The van der Waals surface area contributed by atoms with E-state index in [0.29, 0.717) is 50.2 Å². The van der Waals surface area contributed by atoms with Crippen molar-refractivity contribution in [2.75, 3.05) is 42.3 Å². The van der Waals surface area contributed by atoms with E-state index in [-0.39, 0.29) is 22.9 Å². The molecule has 1 aliphatic rings. The van der Waals surface area contributed by atoms with E-state index in [1.807, 2.05) is 19.1 Å². The number of thioether (sulfide) groups is 1. The SMILES string of the molecule is C=CS/C(=C\C)c1cc2c(nc1C=O)N(C(=O)Nc1cc(NCCOC)c([N+](=O)[O-])cn1)CCC2. The molecule has 1 aliphatic heterocycles. The molecule has 2 aromatic heterocycles. The second-order valence-corrected chi connectivity index (χ2v) is 8.42. The maximum Gasteiger partial charge on any atom is 0.328 e. The molecule has 2 aromatic rings. The number of hydrogen-bond donors (Lipinski definition) is 2. The Bertz CT molecular complexity index is 1170. The molecule has 0 aromatic carbocycles. The van der Waals surface area contributed by atoms with Crippen molar-refractivity contribution in [1.82, 2.24) is 9.97 Å². The molecule has 3 rings (SSSR count). The highest BCUT2D eigenvalue weighted by Crippen LogP contribution is 2.35. The maximum absolute atomic E-state index is 13.1. The highest BCUT2D eigenvalue weighted by atomic mass is 32.2. The summed E-state index contributed by atoms with van der Waals surface area (Å²) in [6.45, 7) is 6.69. The topological polar surface area (TPSA) is 140 Å². The number of aryl methyl sites for hydroxylation is 1. The van der Waals surface area contributed by atoms with Gasteiger partial charge >= 0.3 is 11.7 Å². The van der Waals surface area contributed by atoms with Crippen LogP contribution in [0.15, 0.2) is 36.4 Å². The first-order chi connectivity index (χ1) is 16.9. The number of carbonyl (C=O) groups is 2. The maximum atomic E-state index is 13.1. The van der Waals surface area contributed by atoms with Crippen molar-refractivity contribution in [3.63, 3.8) is 0 Å². The Hall–Kier alpha value is -3.77. The van der Waals surface area contributed by atoms with E-state index >= 15 is 0 Å². The summed E-state index contributed by atoms with van der Waals surface area (Å²) in [5.41, 5.74) is 1.75. The lowest BCUT2D eigenvalue weighted by Crippen LogP contribution is -2.39. The van der Waals surface area contributed by atoms with Crippen molar-refractivity contribution in [2.45, 2.75) is 19.8 Å². The van der Waals surface area contributed by atoms with Gasteiger partial charge in [-0.25, -0.2) is 14.8 Å². The van der Waals surface area contributed by atoms with Crippen LogP contribution in [0.1, 0.15) is 35.0 Å². The first-order valence-electron chi connectivity index (χ1n) is 10.8. The summed E-state index contributed by atoms with van der Waals surface area (Å²) in [4.78, 5) is 46.5. The van der Waals surface area contributed by atoms with Crippen LogP contribution in [0.2, 0.25) is 0 Å². The van der Waals surface area contributed by atoms with Gasteiger partial charge in [0.1, 0.15) is 29.2 Å². The lowest BCUT2D eigenvalue weighted by Gasteiger charge is -2.29. The molecule has 0 atom stereocenters. The van der Waals surface area contributed by atoms with E-state index in [0.717, 1.165) is 16.7 Å². The molecule has 12 heteroatoms. The number of pyridine rings is 2. The molecular weight excluding hydrogens is 472 g/mol. The second-order valence-electron chi connectivity index (χ2n) is 7.41. The zero-order valence-electron chi connectivity index (χ0n) is 19.4. The lowest BCUT2D eigenvalue weighted by atomic mass is 10.0. The smallest absolute Gasteiger partial charge is 0.328 e. The van der Waals surface area contributed by atoms with E-state index in [2.05, 4.69) is 27.2 Å². The third kappa shape index (κ3) is 6.03. The van der Waals surface area contributed by atoms with Crippen molar-refractivity contribution in [3.05, 3.63) is 63.3 Å². The van der Waals surface area contributed by atoms with Gasteiger partial charge in [0.25, 0.3) is 0 Å². The summed E-state index contributed by atoms with van der Waals surface area (Å²) < 4.78 is 4.97. The van der Waals surface area contributed by atoms with Crippen molar-refractivity contribution in [1.29, 1.82) is 0 Å². The molecule has 2 amide bonds. The van der Waals surface area contributed by atoms with Crippen LogP contribution in [0.25, 0.3) is 4.91 Å². The molecule has 0 fully saturated rings. The number of anilines is 3. The van der Waals surface area contributed by atoms with Crippen LogP contribution in [-0.4, -0.2) is 54.0 Å². The second kappa shape index (κ2) is 12.1. The van der Waals surface area contributed by atoms with Crippen molar-refractivity contribution < 1.29 is 19.2 Å². The summed E-state index contributed by atoms with van der Waals surface area (Å²) >= 11 is 1.39. The molecule has 184 valence electrons. The number of nitrogens with one attached hydrogen (secondary N) is 2. The minimum Gasteiger partial charge on any atom is -0.383 e. The first kappa shape index (κ1) is 25.8. The Balaban J connectivity index is 1.89. The van der Waals surface area contributed by atoms with E-state index in [4.69, 9.17) is 4.74 Å². The monoisotopic (exact) mass is 498 g/mol. The molecule has 0 aliphatic carbocycles. The van der Waals surface area contributed by atoms with Crippen LogP contribution in [0.4, 0.5) is 27.8 Å². The number of aldehydes is 1. The first-order valence-corrected chi connectivity index (χ1v) is 11.7. The number of amides is 2. The van der Waals surface area contributed by atoms with Crippen molar-refractivity contribution >= 4 is 52.0 Å². The highest BCUT2D eigenvalue weighted by Gasteiger charge is 2.27. The number of fused-ring (bicyclic) bond motifs is 1. The minimum absolute atomic E-state index is 0.137. The average Bonchev–Trinajstić information content (AvgIpc) is 2.86. The number of carbonyl (C=O) groups excluding carboxylic acids is 2. The fraction of sp³-hybridized carbons (Fsp3) is 0.304. The summed E-state index contributed by atoms with van der Waals surface area (Å²) in [6, 6.07) is 2.78. The summed E-state index contributed by atoms with van der Waals surface area (Å²) in [5.74, 6) is 0.539. The Morgan fingerprint density at radius 1 is 1.43 bits per heavy atom. The predicted molar refractivity (Wildman–Crippen MR) is 137 cm³/mol. The van der Waals surface area contributed by atoms with Crippen LogP contribution in [0.5, 0.6) is 0 Å². The molecule has 0 saturated carbocycles.